The third kappa shape index (κ3) is 4.97. The lowest BCUT2D eigenvalue weighted by atomic mass is 9.84. The monoisotopic (exact) mass is 613 g/mol. The van der Waals surface area contributed by atoms with E-state index < -0.39 is 0 Å². The van der Waals surface area contributed by atoms with Gasteiger partial charge < -0.3 is 0 Å². The largest absolute Gasteiger partial charge is 0.208 e. The Labute approximate surface area is 280 Å². The number of hydrogen-bond acceptors (Lipinski definition) is 3. The fraction of sp³-hybridized carbons (Fsp3) is 0.0444. The molecule has 0 saturated carbocycles. The molecule has 0 bridgehead atoms. The van der Waals surface area contributed by atoms with Gasteiger partial charge in [0.15, 0.2) is 17.5 Å². The molecule has 0 radical (unpaired) electrons. The Hall–Kier alpha value is -6.19. The second-order valence-electron chi connectivity index (χ2n) is 12.3. The van der Waals surface area contributed by atoms with Crippen molar-refractivity contribution in [1.29, 1.82) is 0 Å². The second kappa shape index (κ2) is 11.9. The fourth-order valence-corrected chi connectivity index (χ4v) is 7.11. The molecule has 0 spiro atoms. The van der Waals surface area contributed by atoms with E-state index in [4.69, 9.17) is 15.0 Å². The van der Waals surface area contributed by atoms with Crippen LogP contribution in [0, 0.1) is 0 Å². The molecule has 48 heavy (non-hydrogen) atoms. The summed E-state index contributed by atoms with van der Waals surface area (Å²) in [6, 6.07) is 53.3. The molecule has 7 aromatic carbocycles. The molecule has 226 valence electrons. The van der Waals surface area contributed by atoms with Gasteiger partial charge in [0.05, 0.1) is 0 Å². The van der Waals surface area contributed by atoms with Gasteiger partial charge in [0, 0.05) is 16.7 Å². The van der Waals surface area contributed by atoms with Crippen molar-refractivity contribution in [2.75, 3.05) is 0 Å². The lowest BCUT2D eigenvalue weighted by molar-refractivity contribution is 1.00. The van der Waals surface area contributed by atoms with Crippen LogP contribution in [0.5, 0.6) is 0 Å². The van der Waals surface area contributed by atoms with Gasteiger partial charge in [-0.05, 0) is 79.9 Å². The van der Waals surface area contributed by atoms with Crippen molar-refractivity contribution < 1.29 is 0 Å². The zero-order valence-corrected chi connectivity index (χ0v) is 26.3. The van der Waals surface area contributed by atoms with E-state index in [9.17, 15) is 0 Å². The number of benzene rings is 7. The molecular formula is C45H31N3. The van der Waals surface area contributed by atoms with Crippen LogP contribution in [0.1, 0.15) is 17.5 Å². The highest BCUT2D eigenvalue weighted by Gasteiger charge is 2.18. The molecule has 9 rings (SSSR count). The van der Waals surface area contributed by atoms with E-state index in [-0.39, 0.29) is 0 Å². The van der Waals surface area contributed by atoms with E-state index in [0.29, 0.717) is 17.5 Å². The Morgan fingerprint density at radius 1 is 0.396 bits per heavy atom. The van der Waals surface area contributed by atoms with Crippen molar-refractivity contribution in [2.45, 2.75) is 12.8 Å². The van der Waals surface area contributed by atoms with Crippen LogP contribution in [0.3, 0.4) is 0 Å². The summed E-state index contributed by atoms with van der Waals surface area (Å²) >= 11 is 0. The summed E-state index contributed by atoms with van der Waals surface area (Å²) in [6.07, 6.45) is 6.82. The number of rotatable bonds is 5. The maximum absolute atomic E-state index is 4.97. The van der Waals surface area contributed by atoms with Crippen LogP contribution in [0.2, 0.25) is 0 Å². The van der Waals surface area contributed by atoms with Gasteiger partial charge >= 0.3 is 0 Å². The quantitative estimate of drug-likeness (QED) is 0.181. The van der Waals surface area contributed by atoms with Crippen LogP contribution < -0.4 is 0 Å². The van der Waals surface area contributed by atoms with Crippen LogP contribution >= 0.6 is 0 Å². The van der Waals surface area contributed by atoms with Gasteiger partial charge in [0.1, 0.15) is 0 Å². The van der Waals surface area contributed by atoms with E-state index in [1.54, 1.807) is 0 Å². The molecule has 1 aromatic heterocycles. The highest BCUT2D eigenvalue weighted by Crippen LogP contribution is 2.41. The summed E-state index contributed by atoms with van der Waals surface area (Å²) in [5.41, 5.74) is 10.4. The van der Waals surface area contributed by atoms with E-state index in [1.807, 2.05) is 60.7 Å². The molecule has 0 amide bonds. The maximum Gasteiger partial charge on any atom is 0.164 e. The Balaban J connectivity index is 1.17. The standard InChI is InChI=1S/C45H31N3/c1-3-14-30(15-4-1)43-46-44(31-16-5-2-6-17-31)48-45(47-43)35-21-12-19-33(29-35)32-18-11-20-34(28-32)36-26-13-27-41-39-23-8-7-22-37(39)38-24-9-10-25-40(38)42(36)41/h1-6,8-21,23-29H,7,22H2. The molecule has 3 nitrogen and oxygen atoms in total. The first-order chi connectivity index (χ1) is 23.8. The van der Waals surface area contributed by atoms with Gasteiger partial charge in [-0.2, -0.15) is 0 Å². The summed E-state index contributed by atoms with van der Waals surface area (Å²) in [4.78, 5) is 14.8. The number of allylic oxidation sites excluding steroid dienone is 1. The first-order valence-corrected chi connectivity index (χ1v) is 16.5. The second-order valence-corrected chi connectivity index (χ2v) is 12.3. The topological polar surface area (TPSA) is 38.7 Å². The van der Waals surface area contributed by atoms with E-state index in [0.717, 1.165) is 40.7 Å². The molecule has 1 heterocycles. The Morgan fingerprint density at radius 3 is 1.58 bits per heavy atom. The Morgan fingerprint density at radius 2 is 0.896 bits per heavy atom. The van der Waals surface area contributed by atoms with Crippen LogP contribution in [-0.2, 0) is 6.42 Å². The number of fused-ring (bicyclic) bond motifs is 6. The molecular weight excluding hydrogens is 583 g/mol. The molecule has 0 aliphatic heterocycles. The van der Waals surface area contributed by atoms with Gasteiger partial charge in [-0.15, -0.1) is 0 Å². The molecule has 1 aliphatic carbocycles. The molecule has 3 heteroatoms. The molecule has 0 atom stereocenters. The number of aromatic nitrogens is 3. The summed E-state index contributed by atoms with van der Waals surface area (Å²) in [5, 5.41) is 5.32. The third-order valence-corrected chi connectivity index (χ3v) is 9.37. The number of hydrogen-bond donors (Lipinski definition) is 0. The van der Waals surface area contributed by atoms with Crippen molar-refractivity contribution in [3.8, 4) is 56.4 Å². The first-order valence-electron chi connectivity index (χ1n) is 16.5. The van der Waals surface area contributed by atoms with Gasteiger partial charge in [-0.1, -0.05) is 152 Å². The smallest absolute Gasteiger partial charge is 0.164 e. The van der Waals surface area contributed by atoms with Crippen LogP contribution in [-0.4, -0.2) is 15.0 Å². The van der Waals surface area contributed by atoms with Crippen LogP contribution in [0.15, 0.2) is 158 Å². The Bertz CT molecular complexity index is 2440. The van der Waals surface area contributed by atoms with Crippen molar-refractivity contribution in [3.05, 3.63) is 169 Å². The normalized spacial score (nSPS) is 12.3. The minimum absolute atomic E-state index is 0.652. The fourth-order valence-electron chi connectivity index (χ4n) is 7.11. The van der Waals surface area contributed by atoms with Crippen molar-refractivity contribution in [1.82, 2.24) is 15.0 Å². The molecule has 0 N–H and O–H groups in total. The van der Waals surface area contributed by atoms with Gasteiger partial charge in [0.2, 0.25) is 0 Å². The maximum atomic E-state index is 4.97. The minimum atomic E-state index is 0.652. The van der Waals surface area contributed by atoms with E-state index in [1.165, 1.54) is 43.8 Å². The predicted molar refractivity (Wildman–Crippen MR) is 199 cm³/mol. The van der Waals surface area contributed by atoms with Crippen molar-refractivity contribution >= 4 is 27.6 Å². The molecule has 0 saturated heterocycles. The lowest BCUT2D eigenvalue weighted by Crippen LogP contribution is -2.00. The van der Waals surface area contributed by atoms with Gasteiger partial charge in [-0.25, -0.2) is 15.0 Å². The zero-order valence-electron chi connectivity index (χ0n) is 26.3. The first kappa shape index (κ1) is 28.1. The predicted octanol–water partition coefficient (Wildman–Crippen LogP) is 11.5. The summed E-state index contributed by atoms with van der Waals surface area (Å²) in [7, 11) is 0. The van der Waals surface area contributed by atoms with Gasteiger partial charge in [0.25, 0.3) is 0 Å². The third-order valence-electron chi connectivity index (χ3n) is 9.37. The molecule has 0 unspecified atom stereocenters. The number of aryl methyl sites for hydroxylation is 1. The summed E-state index contributed by atoms with van der Waals surface area (Å²) < 4.78 is 0. The van der Waals surface area contributed by atoms with Crippen LogP contribution in [0.25, 0.3) is 84.0 Å². The molecule has 8 aromatic rings. The van der Waals surface area contributed by atoms with Crippen molar-refractivity contribution in [2.24, 2.45) is 0 Å². The van der Waals surface area contributed by atoms with E-state index >= 15 is 0 Å². The average molecular weight is 614 g/mol. The molecule has 0 fully saturated rings. The summed E-state index contributed by atoms with van der Waals surface area (Å²) in [5.74, 6) is 1.97. The summed E-state index contributed by atoms with van der Waals surface area (Å²) in [6.45, 7) is 0. The van der Waals surface area contributed by atoms with Crippen LogP contribution in [0.4, 0.5) is 0 Å². The SMILES string of the molecule is C1=Cc2c(c3ccccc3c3c(-c4cccc(-c5cccc(-c6nc(-c7ccccc7)nc(-c7ccccc7)n6)c5)c4)cccc23)CC1. The van der Waals surface area contributed by atoms with Gasteiger partial charge in [-0.3, -0.25) is 0 Å². The number of nitrogens with zero attached hydrogens (tertiary/aromatic N) is 3. The average Bonchev–Trinajstić information content (AvgIpc) is 3.18. The highest BCUT2D eigenvalue weighted by atomic mass is 15.0. The Kier molecular flexibility index (Phi) is 6.94. The minimum Gasteiger partial charge on any atom is -0.208 e. The lowest BCUT2D eigenvalue weighted by Gasteiger charge is -2.20. The van der Waals surface area contributed by atoms with E-state index in [2.05, 4.69) is 103 Å². The van der Waals surface area contributed by atoms with Crippen molar-refractivity contribution in [3.63, 3.8) is 0 Å². The highest BCUT2D eigenvalue weighted by molar-refractivity contribution is 6.18. The zero-order chi connectivity index (χ0) is 31.9. The molecule has 1 aliphatic rings.